The zero-order valence-corrected chi connectivity index (χ0v) is 20.1. The number of nitrogens with zero attached hydrogens (tertiary/aromatic N) is 2. The molecule has 3 aliphatic rings. The van der Waals surface area contributed by atoms with Gasteiger partial charge in [0, 0.05) is 37.5 Å². The van der Waals surface area contributed by atoms with Gasteiger partial charge in [-0.1, -0.05) is 6.07 Å². The number of ether oxygens (including phenoxy) is 2. The third-order valence-electron chi connectivity index (χ3n) is 6.38. The number of fused-ring (bicyclic) bond motifs is 2. The van der Waals surface area contributed by atoms with Crippen LogP contribution in [0.15, 0.2) is 46.2 Å². The average molecular weight is 489 g/mol. The van der Waals surface area contributed by atoms with Crippen LogP contribution in [0.1, 0.15) is 24.0 Å². The first-order valence-corrected chi connectivity index (χ1v) is 13.9. The van der Waals surface area contributed by atoms with Crippen molar-refractivity contribution in [3.05, 3.63) is 47.5 Å². The molecule has 0 saturated carbocycles. The molecule has 2 aromatic carbocycles. The van der Waals surface area contributed by atoms with Crippen LogP contribution in [-0.4, -0.2) is 68.7 Å². The highest BCUT2D eigenvalue weighted by molar-refractivity contribution is 8.00. The van der Waals surface area contributed by atoms with E-state index in [9.17, 15) is 13.2 Å². The van der Waals surface area contributed by atoms with E-state index in [1.54, 1.807) is 11.0 Å². The minimum absolute atomic E-state index is 0.0155. The van der Waals surface area contributed by atoms with Crippen molar-refractivity contribution in [1.29, 1.82) is 0 Å². The number of sulfonamides is 1. The first kappa shape index (κ1) is 22.6. The molecule has 2 aliphatic heterocycles. The smallest absolute Gasteiger partial charge is 0.243 e. The van der Waals surface area contributed by atoms with Crippen LogP contribution in [0.3, 0.4) is 0 Å². The number of aryl methyl sites for hydroxylation is 2. The summed E-state index contributed by atoms with van der Waals surface area (Å²) in [6.45, 7) is 2.72. The molecule has 1 amide bonds. The Balaban J connectivity index is 1.16. The second-order valence-corrected chi connectivity index (χ2v) is 11.5. The molecule has 0 bridgehead atoms. The molecular formula is C24H28N2O5S2. The van der Waals surface area contributed by atoms with E-state index in [0.29, 0.717) is 50.0 Å². The van der Waals surface area contributed by atoms with Crippen LogP contribution in [0.5, 0.6) is 11.5 Å². The highest BCUT2D eigenvalue weighted by Crippen LogP contribution is 2.34. The van der Waals surface area contributed by atoms with Gasteiger partial charge in [0.15, 0.2) is 11.5 Å². The van der Waals surface area contributed by atoms with Crippen LogP contribution in [0, 0.1) is 0 Å². The maximum atomic E-state index is 13.1. The predicted octanol–water partition coefficient (Wildman–Crippen LogP) is 2.96. The summed E-state index contributed by atoms with van der Waals surface area (Å²) in [7, 11) is -3.54. The molecule has 1 aliphatic carbocycles. The molecule has 9 heteroatoms. The van der Waals surface area contributed by atoms with Gasteiger partial charge in [-0.2, -0.15) is 4.31 Å². The lowest BCUT2D eigenvalue weighted by atomic mass is 10.1. The Hall–Kier alpha value is -2.23. The van der Waals surface area contributed by atoms with Crippen LogP contribution in [0.25, 0.3) is 0 Å². The number of piperazine rings is 1. The van der Waals surface area contributed by atoms with Crippen molar-refractivity contribution in [1.82, 2.24) is 9.21 Å². The van der Waals surface area contributed by atoms with Crippen LogP contribution < -0.4 is 9.47 Å². The van der Waals surface area contributed by atoms with Crippen molar-refractivity contribution in [2.45, 2.75) is 35.5 Å². The van der Waals surface area contributed by atoms with Gasteiger partial charge < -0.3 is 14.4 Å². The Bertz CT molecular complexity index is 1140. The maximum absolute atomic E-state index is 13.1. The van der Waals surface area contributed by atoms with Crippen molar-refractivity contribution in [2.24, 2.45) is 0 Å². The number of carbonyl (C=O) groups is 1. The van der Waals surface area contributed by atoms with E-state index < -0.39 is 10.0 Å². The van der Waals surface area contributed by atoms with Gasteiger partial charge in [-0.05, 0) is 60.7 Å². The average Bonchev–Trinajstić information content (AvgIpc) is 3.19. The Morgan fingerprint density at radius 1 is 0.879 bits per heavy atom. The van der Waals surface area contributed by atoms with Crippen molar-refractivity contribution >= 4 is 27.7 Å². The molecule has 0 atom stereocenters. The molecule has 176 valence electrons. The Labute approximate surface area is 199 Å². The summed E-state index contributed by atoms with van der Waals surface area (Å²) < 4.78 is 39.1. The second kappa shape index (κ2) is 9.56. The maximum Gasteiger partial charge on any atom is 0.243 e. The lowest BCUT2D eigenvalue weighted by Gasteiger charge is -2.34. The fourth-order valence-corrected chi connectivity index (χ4v) is 6.81. The molecule has 0 aromatic heterocycles. The van der Waals surface area contributed by atoms with Gasteiger partial charge in [-0.15, -0.1) is 11.8 Å². The summed E-state index contributed by atoms with van der Waals surface area (Å²) in [6.07, 6.45) is 3.91. The number of rotatable bonds is 5. The number of thioether (sulfide) groups is 1. The van der Waals surface area contributed by atoms with E-state index in [4.69, 9.17) is 9.47 Å². The summed E-state index contributed by atoms with van der Waals surface area (Å²) in [5.41, 5.74) is 2.41. The molecule has 33 heavy (non-hydrogen) atoms. The van der Waals surface area contributed by atoms with Crippen LogP contribution >= 0.6 is 11.8 Å². The van der Waals surface area contributed by atoms with Gasteiger partial charge in [0.05, 0.1) is 23.9 Å². The fraction of sp³-hybridized carbons (Fsp3) is 0.458. The van der Waals surface area contributed by atoms with Gasteiger partial charge in [-0.25, -0.2) is 8.42 Å². The summed E-state index contributed by atoms with van der Waals surface area (Å²) in [5.74, 6) is 1.78. The molecule has 0 unspecified atom stereocenters. The van der Waals surface area contributed by atoms with E-state index >= 15 is 0 Å². The van der Waals surface area contributed by atoms with Gasteiger partial charge in [0.1, 0.15) is 0 Å². The molecular weight excluding hydrogens is 460 g/mol. The van der Waals surface area contributed by atoms with E-state index in [-0.39, 0.29) is 5.91 Å². The zero-order valence-electron chi connectivity index (χ0n) is 18.5. The number of hydrogen-bond acceptors (Lipinski definition) is 6. The zero-order chi connectivity index (χ0) is 22.8. The Morgan fingerprint density at radius 3 is 2.45 bits per heavy atom. The highest BCUT2D eigenvalue weighted by Gasteiger charge is 2.30. The quantitative estimate of drug-likeness (QED) is 0.603. The van der Waals surface area contributed by atoms with Crippen LogP contribution in [0.2, 0.25) is 0 Å². The summed E-state index contributed by atoms with van der Waals surface area (Å²) in [6, 6.07) is 11.2. The van der Waals surface area contributed by atoms with Crippen molar-refractivity contribution in [3.63, 3.8) is 0 Å². The van der Waals surface area contributed by atoms with Gasteiger partial charge in [0.2, 0.25) is 15.9 Å². The molecule has 7 nitrogen and oxygen atoms in total. The second-order valence-electron chi connectivity index (χ2n) is 8.52. The number of amides is 1. The summed E-state index contributed by atoms with van der Waals surface area (Å²) in [4.78, 5) is 15.8. The van der Waals surface area contributed by atoms with Crippen LogP contribution in [-0.2, 0) is 27.7 Å². The third-order valence-corrected chi connectivity index (χ3v) is 9.25. The third kappa shape index (κ3) is 4.85. The standard InChI is InChI=1S/C24H28N2O5S2/c27-24(17-32-20-6-8-22-23(16-20)31-14-2-13-30-22)25-9-11-26(12-10-25)33(28,29)21-7-5-18-3-1-4-19(18)15-21/h5-8,15-16H,1-4,9-14,17H2. The summed E-state index contributed by atoms with van der Waals surface area (Å²) >= 11 is 1.46. The van der Waals surface area contributed by atoms with E-state index in [1.165, 1.54) is 21.6 Å². The molecule has 2 aromatic rings. The van der Waals surface area contributed by atoms with E-state index in [1.807, 2.05) is 30.3 Å². The number of hydrogen-bond donors (Lipinski definition) is 0. The lowest BCUT2D eigenvalue weighted by Crippen LogP contribution is -2.50. The monoisotopic (exact) mass is 488 g/mol. The van der Waals surface area contributed by atoms with Gasteiger partial charge >= 0.3 is 0 Å². The van der Waals surface area contributed by atoms with Gasteiger partial charge in [-0.3, -0.25) is 4.79 Å². The molecule has 0 spiro atoms. The lowest BCUT2D eigenvalue weighted by molar-refractivity contribution is -0.129. The van der Waals surface area contributed by atoms with Gasteiger partial charge in [0.25, 0.3) is 0 Å². The molecule has 1 saturated heterocycles. The number of carbonyl (C=O) groups excluding carboxylic acids is 1. The first-order chi connectivity index (χ1) is 16.0. The molecule has 5 rings (SSSR count). The summed E-state index contributed by atoms with van der Waals surface area (Å²) in [5, 5.41) is 0. The predicted molar refractivity (Wildman–Crippen MR) is 127 cm³/mol. The number of benzene rings is 2. The highest BCUT2D eigenvalue weighted by atomic mass is 32.2. The largest absolute Gasteiger partial charge is 0.490 e. The molecule has 0 radical (unpaired) electrons. The molecule has 1 fully saturated rings. The minimum Gasteiger partial charge on any atom is -0.490 e. The van der Waals surface area contributed by atoms with Crippen molar-refractivity contribution < 1.29 is 22.7 Å². The fourth-order valence-electron chi connectivity index (χ4n) is 4.51. The normalized spacial score (nSPS) is 18.6. The topological polar surface area (TPSA) is 76.2 Å². The van der Waals surface area contributed by atoms with E-state index in [0.717, 1.165) is 47.6 Å². The molecule has 0 N–H and O–H groups in total. The SMILES string of the molecule is O=C(CSc1ccc2c(c1)OCCCO2)N1CCN(S(=O)(=O)c2ccc3c(c2)CCC3)CC1. The van der Waals surface area contributed by atoms with Crippen LogP contribution in [0.4, 0.5) is 0 Å². The van der Waals surface area contributed by atoms with Crippen molar-refractivity contribution in [2.75, 3.05) is 45.1 Å². The molecule has 2 heterocycles. The van der Waals surface area contributed by atoms with Crippen molar-refractivity contribution in [3.8, 4) is 11.5 Å². The minimum atomic E-state index is -3.54. The van der Waals surface area contributed by atoms with E-state index in [2.05, 4.69) is 0 Å². The Morgan fingerprint density at radius 2 is 1.64 bits per heavy atom. The first-order valence-electron chi connectivity index (χ1n) is 11.4. The Kier molecular flexibility index (Phi) is 6.53.